The van der Waals surface area contributed by atoms with E-state index in [0.29, 0.717) is 43.3 Å². The van der Waals surface area contributed by atoms with Crippen molar-refractivity contribution in [1.29, 1.82) is 0 Å². The quantitative estimate of drug-likeness (QED) is 0.0911. The van der Waals surface area contributed by atoms with Gasteiger partial charge in [-0.2, -0.15) is 0 Å². The molecule has 8 rings (SSSR count). The predicted molar refractivity (Wildman–Crippen MR) is 218 cm³/mol. The van der Waals surface area contributed by atoms with Gasteiger partial charge in [-0.05, 0) is 73.1 Å². The number of allylic oxidation sites excluding steroid dienone is 2. The minimum absolute atomic E-state index is 0.0145. The number of ketones is 2. The number of guanidine groups is 1. The first-order valence-electron chi connectivity index (χ1n) is 20.8. The molecule has 0 amide bonds. The Morgan fingerprint density at radius 2 is 1.67 bits per heavy atom. The number of hydrogen-bond acceptors (Lipinski definition) is 7. The average Bonchev–Trinajstić information content (AvgIpc) is 3.29. The van der Waals surface area contributed by atoms with Crippen LogP contribution >= 0.6 is 0 Å². The summed E-state index contributed by atoms with van der Waals surface area (Å²) in [6, 6.07) is 9.15. The van der Waals surface area contributed by atoms with Crippen molar-refractivity contribution in [3.63, 3.8) is 0 Å². The lowest BCUT2D eigenvalue weighted by Gasteiger charge is -2.70. The molecular weight excluding hydrogens is 719 g/mol. The maximum Gasteiger partial charge on any atom is 0.331 e. The molecule has 1 aromatic carbocycles. The fourth-order valence-corrected chi connectivity index (χ4v) is 14.6. The zero-order valence-electron chi connectivity index (χ0n) is 34.0. The van der Waals surface area contributed by atoms with Crippen LogP contribution in [0.3, 0.4) is 0 Å². The molecule has 10 nitrogen and oxygen atoms in total. The number of carboxylic acid groups (broad SMARTS) is 1. The number of aliphatic carboxylic acids is 1. The third-order valence-corrected chi connectivity index (χ3v) is 17.1. The average molecular weight is 778 g/mol. The van der Waals surface area contributed by atoms with Crippen molar-refractivity contribution in [2.45, 2.75) is 110 Å². The monoisotopic (exact) mass is 777 g/mol. The molecule has 8 N–H and O–H groups in total. The molecule has 0 bridgehead atoms. The van der Waals surface area contributed by atoms with Gasteiger partial charge in [-0.1, -0.05) is 108 Å². The molecule has 304 valence electrons. The van der Waals surface area contributed by atoms with Crippen LogP contribution in [0.15, 0.2) is 88.5 Å². The van der Waals surface area contributed by atoms with Gasteiger partial charge in [-0.3, -0.25) is 9.59 Å². The molecule has 3 fully saturated rings. The molecule has 57 heavy (non-hydrogen) atoms. The first-order valence-corrected chi connectivity index (χ1v) is 20.8. The van der Waals surface area contributed by atoms with Crippen LogP contribution in [0, 0.1) is 56.7 Å². The minimum atomic E-state index is -1.73. The highest BCUT2D eigenvalue weighted by Crippen LogP contribution is 2.84. The number of carbonyl (C=O) groups is 3. The van der Waals surface area contributed by atoms with Gasteiger partial charge in [0, 0.05) is 57.0 Å². The number of nitrogens with two attached hydrogens (primary N) is 2. The molecular formula is C47H59N3O7. The van der Waals surface area contributed by atoms with Crippen LogP contribution in [0.25, 0.3) is 6.08 Å². The number of carboxylic acids is 1. The predicted octanol–water partition coefficient (Wildman–Crippen LogP) is 5.68. The van der Waals surface area contributed by atoms with Crippen LogP contribution in [-0.2, 0) is 14.4 Å². The van der Waals surface area contributed by atoms with E-state index in [4.69, 9.17) is 11.5 Å². The van der Waals surface area contributed by atoms with E-state index in [-0.39, 0.29) is 29.5 Å². The second-order valence-electron chi connectivity index (χ2n) is 19.6. The summed E-state index contributed by atoms with van der Waals surface area (Å²) in [7, 11) is 0. The summed E-state index contributed by atoms with van der Waals surface area (Å²) in [4.78, 5) is 46.6. The number of aliphatic hydroxyl groups excluding tert-OH is 1. The lowest BCUT2D eigenvalue weighted by molar-refractivity contribution is -0.177. The van der Waals surface area contributed by atoms with Gasteiger partial charge in [-0.15, -0.1) is 0 Å². The number of aliphatic imine (C=N–C) groups is 1. The number of Topliss-reactive ketones (excluding diaryl/α,β-unsaturated/α-hetero) is 2. The Bertz CT molecular complexity index is 2110. The molecule has 7 aliphatic rings. The van der Waals surface area contributed by atoms with Crippen LogP contribution in [0.2, 0.25) is 0 Å². The summed E-state index contributed by atoms with van der Waals surface area (Å²) in [5, 5.41) is 49.3. The van der Waals surface area contributed by atoms with Gasteiger partial charge in [0.2, 0.25) is 0 Å². The molecule has 10 heteroatoms. The fourth-order valence-electron chi connectivity index (χ4n) is 14.6. The number of carbonyl (C=O) groups excluding carboxylic acids is 2. The Kier molecular flexibility index (Phi) is 8.84. The Labute approximate surface area is 335 Å². The highest BCUT2D eigenvalue weighted by Gasteiger charge is 2.84. The van der Waals surface area contributed by atoms with Gasteiger partial charge in [0.15, 0.2) is 11.7 Å². The van der Waals surface area contributed by atoms with Crippen LogP contribution < -0.4 is 11.5 Å². The molecule has 0 heterocycles. The Morgan fingerprint density at radius 1 is 0.982 bits per heavy atom. The maximum atomic E-state index is 16.0. The third kappa shape index (κ3) is 4.93. The molecule has 0 aliphatic heterocycles. The topological polar surface area (TPSA) is 197 Å². The molecule has 1 aromatic rings. The van der Waals surface area contributed by atoms with Crippen molar-refractivity contribution >= 4 is 29.6 Å². The largest absolute Gasteiger partial charge is 0.478 e. The lowest BCUT2D eigenvalue weighted by atomic mass is 9.33. The van der Waals surface area contributed by atoms with Crippen molar-refractivity contribution in [2.75, 3.05) is 0 Å². The Morgan fingerprint density at radius 3 is 2.33 bits per heavy atom. The van der Waals surface area contributed by atoms with Gasteiger partial charge in [0.1, 0.15) is 11.4 Å². The van der Waals surface area contributed by atoms with E-state index in [0.717, 1.165) is 12.0 Å². The van der Waals surface area contributed by atoms with E-state index in [9.17, 15) is 30.0 Å². The normalized spacial score (nSPS) is 44.8. The van der Waals surface area contributed by atoms with Crippen molar-refractivity contribution in [3.8, 4) is 0 Å². The van der Waals surface area contributed by atoms with Crippen LogP contribution in [0.1, 0.15) is 92.1 Å². The van der Waals surface area contributed by atoms with Crippen molar-refractivity contribution in [2.24, 2.45) is 73.1 Å². The van der Waals surface area contributed by atoms with E-state index < -0.39 is 86.0 Å². The van der Waals surface area contributed by atoms with Crippen molar-refractivity contribution in [1.82, 2.24) is 0 Å². The number of nitrogens with zero attached hydrogens (tertiary/aromatic N) is 1. The maximum absolute atomic E-state index is 16.0. The van der Waals surface area contributed by atoms with Crippen LogP contribution in [-0.4, -0.2) is 67.3 Å². The summed E-state index contributed by atoms with van der Waals surface area (Å²) in [6.45, 7) is 11.7. The van der Waals surface area contributed by atoms with Gasteiger partial charge in [-0.25, -0.2) is 9.79 Å². The molecule has 3 saturated carbocycles. The summed E-state index contributed by atoms with van der Waals surface area (Å²) in [6.07, 6.45) is 15.2. The second-order valence-corrected chi connectivity index (χ2v) is 19.6. The van der Waals surface area contributed by atoms with Crippen LogP contribution in [0.5, 0.6) is 0 Å². The summed E-state index contributed by atoms with van der Waals surface area (Å²) in [5.41, 5.74) is 5.96. The minimum Gasteiger partial charge on any atom is -0.478 e. The summed E-state index contributed by atoms with van der Waals surface area (Å²) in [5.74, 6) is -3.95. The standard InChI is InChI=1S/C47H59N3O7/c1-26(39(54)55)24-32(51)34-28-14-10-11-15-29-36(53)35-38-44(6)43(29,5)45(28,21-18-31(34)50-40(48)49)25-46(44,56)22-23-47(38,57)30(17-16-27-12-8-7-9-13-27)37-41(2,3)33(52)19-20-42(35,37)4/h7-9,12-13,16-18,21-24,28-32,34,37,51,56-57H,10-11,14-15,19-20,25H2,1-6H3,(H,54,55)(H4,48,49,50)/t28-,29+,30-,31+,32+,34+,37-,42+,43-,44+,45+,46-,47+/m0/s1. The highest BCUT2D eigenvalue weighted by molar-refractivity contribution is 6.04. The Balaban J connectivity index is 1.43. The number of rotatable bonds is 6. The number of benzene rings is 1. The number of hydrogen-bond donors (Lipinski definition) is 6. The SMILES string of the molecule is CC(=C[C@@H](O)[C@H]1[C@H](N=C(N)N)C=C[C@@]23C[C@@]4(O)C=C[C@]5(O)C6=C(C(=O)[C@@H](CCCC[C@@H]12)[C@@]3(C)[C@@]64C)[C@@]1(C)CCC(=O)C(C)(C)[C@@H]1[C@@H]5C=Cc1ccccc1)C(=O)O. The molecule has 0 saturated heterocycles. The Hall–Kier alpha value is -4.12. The summed E-state index contributed by atoms with van der Waals surface area (Å²) >= 11 is 0. The fraction of sp³-hybridized carbons (Fsp3) is 0.574. The van der Waals surface area contributed by atoms with Crippen molar-refractivity contribution < 1.29 is 34.8 Å². The molecule has 13 atom stereocenters. The first kappa shape index (κ1) is 39.7. The number of aliphatic hydroxyl groups is 3. The summed E-state index contributed by atoms with van der Waals surface area (Å²) < 4.78 is 0. The molecule has 0 radical (unpaired) electrons. The van der Waals surface area contributed by atoms with Gasteiger partial charge >= 0.3 is 5.97 Å². The van der Waals surface area contributed by atoms with E-state index in [1.165, 1.54) is 13.0 Å². The van der Waals surface area contributed by atoms with E-state index in [2.05, 4.69) is 31.8 Å². The van der Waals surface area contributed by atoms with Gasteiger partial charge in [0.05, 0.1) is 17.7 Å². The first-order chi connectivity index (χ1) is 26.7. The third-order valence-electron chi connectivity index (χ3n) is 17.1. The zero-order valence-corrected chi connectivity index (χ0v) is 34.0. The lowest BCUT2D eigenvalue weighted by Crippen LogP contribution is -2.72. The zero-order chi connectivity index (χ0) is 41.3. The molecule has 7 aliphatic carbocycles. The van der Waals surface area contributed by atoms with Gasteiger partial charge < -0.3 is 31.9 Å². The van der Waals surface area contributed by atoms with E-state index in [1.807, 2.05) is 62.4 Å². The highest BCUT2D eigenvalue weighted by atomic mass is 16.4. The van der Waals surface area contributed by atoms with Crippen LogP contribution in [0.4, 0.5) is 0 Å². The van der Waals surface area contributed by atoms with Gasteiger partial charge in [0.25, 0.3) is 0 Å². The smallest absolute Gasteiger partial charge is 0.331 e. The number of fused-ring (bicyclic) bond motifs is 2. The molecule has 0 unspecified atom stereocenters. The van der Waals surface area contributed by atoms with E-state index in [1.54, 1.807) is 12.2 Å². The molecule has 0 aromatic heterocycles. The van der Waals surface area contributed by atoms with E-state index >= 15 is 4.79 Å². The molecule has 1 spiro atoms. The second kappa shape index (κ2) is 12.7. The van der Waals surface area contributed by atoms with Crippen molar-refractivity contribution in [3.05, 3.63) is 89.1 Å².